The van der Waals surface area contributed by atoms with Gasteiger partial charge in [-0.1, -0.05) is 0 Å². The Morgan fingerprint density at radius 1 is 0.649 bits per heavy atom. The lowest BCUT2D eigenvalue weighted by Crippen LogP contribution is -2.38. The molecule has 3 aromatic rings. The van der Waals surface area contributed by atoms with E-state index in [1.807, 2.05) is 4.98 Å². The Labute approximate surface area is 318 Å². The summed E-state index contributed by atoms with van der Waals surface area (Å²) in [6.45, 7) is 2.40. The molecule has 0 aromatic carbocycles. The van der Waals surface area contributed by atoms with Crippen molar-refractivity contribution in [3.05, 3.63) is 97.8 Å². The number of phosphoric ester groups is 1. The predicted molar refractivity (Wildman–Crippen MR) is 188 cm³/mol. The third-order valence-electron chi connectivity index (χ3n) is 9.58. The Bertz CT molecular complexity index is 2460. The Morgan fingerprint density at radius 3 is 1.44 bits per heavy atom. The van der Waals surface area contributed by atoms with Crippen LogP contribution in [0.3, 0.4) is 0 Å². The van der Waals surface area contributed by atoms with E-state index < -0.39 is 130 Å². The van der Waals surface area contributed by atoms with Gasteiger partial charge in [-0.05, 0) is 20.8 Å². The smallest absolute Gasteiger partial charge is 0.390 e. The molecule has 8 N–H and O–H groups in total. The third-order valence-corrected chi connectivity index (χ3v) is 12.3. The van der Waals surface area contributed by atoms with E-state index in [9.17, 15) is 63.0 Å². The zero-order valence-electron chi connectivity index (χ0n) is 30.2. The van der Waals surface area contributed by atoms with Crippen LogP contribution in [-0.2, 0) is 36.9 Å². The van der Waals surface area contributed by atoms with E-state index >= 15 is 0 Å². The largest absolute Gasteiger partial charge is 0.473 e. The normalized spacial score (nSPS) is 30.3. The van der Waals surface area contributed by atoms with Crippen LogP contribution >= 0.6 is 15.4 Å². The van der Waals surface area contributed by atoms with Gasteiger partial charge in [-0.25, -0.2) is 18.9 Å². The molecule has 3 saturated heterocycles. The van der Waals surface area contributed by atoms with E-state index in [1.165, 1.54) is 33.2 Å². The highest BCUT2D eigenvalue weighted by Gasteiger charge is 2.53. The number of ether oxygens (including phenoxy) is 3. The van der Waals surface area contributed by atoms with Gasteiger partial charge in [0.05, 0.1) is 31.5 Å². The molecule has 3 aliphatic rings. The van der Waals surface area contributed by atoms with Gasteiger partial charge in [0.25, 0.3) is 16.7 Å². The van der Waals surface area contributed by atoms with E-state index in [4.69, 9.17) is 27.8 Å². The number of nitrogens with one attached hydrogen (secondary N) is 3. The summed E-state index contributed by atoms with van der Waals surface area (Å²) < 4.78 is 62.6. The molecule has 12 atom stereocenters. The van der Waals surface area contributed by atoms with E-state index in [2.05, 4.69) is 9.97 Å². The van der Waals surface area contributed by atoms with Gasteiger partial charge in [0.2, 0.25) is 0 Å². The van der Waals surface area contributed by atoms with Crippen molar-refractivity contribution in [3.63, 3.8) is 0 Å². The maximum atomic E-state index is 13.9. The maximum Gasteiger partial charge on any atom is 0.473 e. The fourth-order valence-electron chi connectivity index (χ4n) is 6.47. The quantitative estimate of drug-likeness (QED) is 0.0803. The first-order valence-electron chi connectivity index (χ1n) is 17.2. The van der Waals surface area contributed by atoms with Crippen LogP contribution in [-0.4, -0.2) is 109 Å². The monoisotopic (exact) mass is 850 g/mol. The molecule has 6 heterocycles. The molecule has 57 heavy (non-hydrogen) atoms. The summed E-state index contributed by atoms with van der Waals surface area (Å²) in [4.78, 5) is 101. The second-order valence-corrected chi connectivity index (χ2v) is 17.1. The number of aryl methyl sites for hydroxylation is 3. The van der Waals surface area contributed by atoms with Crippen molar-refractivity contribution >= 4 is 15.4 Å². The van der Waals surface area contributed by atoms with Crippen LogP contribution in [0.2, 0.25) is 0 Å². The highest BCUT2D eigenvalue weighted by Crippen LogP contribution is 2.59. The molecule has 25 nitrogen and oxygen atoms in total. The van der Waals surface area contributed by atoms with Gasteiger partial charge in [0.15, 0.2) is 5.85 Å². The van der Waals surface area contributed by atoms with Gasteiger partial charge >= 0.3 is 32.5 Å². The number of rotatable bonds is 13. The van der Waals surface area contributed by atoms with Gasteiger partial charge in [-0.15, -0.1) is 0 Å². The van der Waals surface area contributed by atoms with Crippen LogP contribution in [0, 0.1) is 20.8 Å². The summed E-state index contributed by atoms with van der Waals surface area (Å²) in [6, 6.07) is 0. The van der Waals surface area contributed by atoms with Crippen molar-refractivity contribution in [2.45, 2.75) is 101 Å². The average molecular weight is 851 g/mol. The Hall–Kier alpha value is -3.94. The van der Waals surface area contributed by atoms with Crippen molar-refractivity contribution < 1.29 is 62.0 Å². The third kappa shape index (κ3) is 9.20. The molecule has 3 fully saturated rings. The summed E-state index contributed by atoms with van der Waals surface area (Å²) in [5.41, 5.74) is -4.38. The molecule has 0 saturated carbocycles. The highest BCUT2D eigenvalue weighted by atomic mass is 31.2. The van der Waals surface area contributed by atoms with Gasteiger partial charge < -0.3 is 43.8 Å². The lowest BCUT2D eigenvalue weighted by molar-refractivity contribution is -0.0758. The molecule has 0 aliphatic carbocycles. The van der Waals surface area contributed by atoms with Crippen molar-refractivity contribution in [2.75, 3.05) is 13.2 Å². The number of aliphatic hydroxyl groups excluding tert-OH is 3. The Balaban J connectivity index is 1.20. The van der Waals surface area contributed by atoms with E-state index in [-0.39, 0.29) is 29.5 Å². The molecular formula is C30H40N6O19P2. The topological polar surface area (TPSA) is 355 Å². The minimum Gasteiger partial charge on any atom is -0.390 e. The number of aliphatic hydroxyl groups is 3. The summed E-state index contributed by atoms with van der Waals surface area (Å²) in [6.07, 6.45) is -10.6. The predicted octanol–water partition coefficient (Wildman–Crippen LogP) is -2.83. The molecule has 0 radical (unpaired) electrons. The van der Waals surface area contributed by atoms with Crippen molar-refractivity contribution in [2.24, 2.45) is 0 Å². The molecule has 0 bridgehead atoms. The first-order chi connectivity index (χ1) is 26.6. The van der Waals surface area contributed by atoms with Crippen LogP contribution in [0.5, 0.6) is 0 Å². The second-order valence-electron chi connectivity index (χ2n) is 13.8. The van der Waals surface area contributed by atoms with Crippen LogP contribution < -0.4 is 33.7 Å². The number of phosphoric acid groups is 1. The van der Waals surface area contributed by atoms with Crippen LogP contribution in [0.4, 0.5) is 0 Å². The fourth-order valence-corrected chi connectivity index (χ4v) is 9.24. The van der Waals surface area contributed by atoms with Gasteiger partial charge in [0, 0.05) is 54.5 Å². The van der Waals surface area contributed by atoms with E-state index in [0.29, 0.717) is 0 Å². The lowest BCUT2D eigenvalue weighted by atomic mass is 10.2. The number of hydrogen-bond donors (Lipinski definition) is 8. The summed E-state index contributed by atoms with van der Waals surface area (Å²) in [7, 11) is -11.0. The van der Waals surface area contributed by atoms with Gasteiger partial charge in [-0.3, -0.25) is 56.6 Å². The molecule has 314 valence electrons. The van der Waals surface area contributed by atoms with Crippen molar-refractivity contribution in [3.8, 4) is 0 Å². The fraction of sp³-hybridized carbons (Fsp3) is 0.600. The molecule has 0 amide bonds. The highest BCUT2D eigenvalue weighted by molar-refractivity contribution is 7.55. The lowest BCUT2D eigenvalue weighted by Gasteiger charge is -2.30. The molecule has 27 heteroatoms. The van der Waals surface area contributed by atoms with Crippen molar-refractivity contribution in [1.82, 2.24) is 28.7 Å². The number of hydrogen-bond acceptors (Lipinski definition) is 17. The van der Waals surface area contributed by atoms with E-state index in [0.717, 1.165) is 19.9 Å². The number of nitrogens with zero attached hydrogens (tertiary/aromatic N) is 3. The first kappa shape index (κ1) is 42.7. The molecule has 3 unspecified atom stereocenters. The maximum absolute atomic E-state index is 13.9. The SMILES string of the molecule is Cc1cn([C@H]2C[C@H](O)[C@@H](C(OP(=O)(O)OC[C@H]3O[C@@H](n4cc(C)c(=O)[nH]c4=O)C[C@@H]3O)P(=O)(O)OC[C@H]3O[C@@H](n4cc(C)c(=O)[nH]c4=O)C[C@@H]3O)O2)c(=O)[nH]c1=O. The summed E-state index contributed by atoms with van der Waals surface area (Å²) in [5, 5.41) is 32.3. The van der Waals surface area contributed by atoms with Gasteiger partial charge in [-0.2, -0.15) is 0 Å². The van der Waals surface area contributed by atoms with Crippen LogP contribution in [0.15, 0.2) is 47.4 Å². The minimum atomic E-state index is -5.53. The standard InChI is InChI=1S/C30H40N6O19P2/c1-12-7-34(28(43)31-24(12)40)20-4-15(37)18(52-20)10-50-56(46,47)27(23-17(39)6-22(54-23)36-9-14(3)26(42)33-30(36)45)55-57(48,49)51-11-19-16(38)5-21(53-19)35-8-13(2)25(41)32-29(35)44/h7-9,15-23,27,37-39H,4-6,10-11H2,1-3H3,(H,46,47)(H,48,49)(H,31,40,43)(H,32,41,44)(H,33,42,45)/t15-,16-,17-,18+,19+,20+,21+,22+,23-,27?/m0/s1. The molecule has 0 spiro atoms. The number of aromatic amines is 3. The zero-order valence-corrected chi connectivity index (χ0v) is 32.0. The number of H-pyrrole nitrogens is 3. The molecule has 6 rings (SSSR count). The Morgan fingerprint density at radius 2 is 1.02 bits per heavy atom. The average Bonchev–Trinajstić information content (AvgIpc) is 3.82. The van der Waals surface area contributed by atoms with Crippen LogP contribution in [0.25, 0.3) is 0 Å². The molecule has 3 aliphatic heterocycles. The second kappa shape index (κ2) is 16.4. The van der Waals surface area contributed by atoms with Crippen molar-refractivity contribution in [1.29, 1.82) is 0 Å². The summed E-state index contributed by atoms with van der Waals surface area (Å²) in [5.74, 6) is -2.57. The van der Waals surface area contributed by atoms with Crippen LogP contribution in [0.1, 0.15) is 54.6 Å². The Kier molecular flexibility index (Phi) is 12.3. The molecule has 3 aromatic heterocycles. The first-order valence-corrected chi connectivity index (χ1v) is 20.4. The minimum absolute atomic E-state index is 0.0557. The zero-order chi connectivity index (χ0) is 41.7. The molecular weight excluding hydrogens is 810 g/mol. The van der Waals surface area contributed by atoms with Gasteiger partial charge in [0.1, 0.15) is 37.0 Å². The number of aromatic nitrogens is 6. The van der Waals surface area contributed by atoms with E-state index in [1.54, 1.807) is 0 Å². The summed E-state index contributed by atoms with van der Waals surface area (Å²) >= 11 is 0.